The van der Waals surface area contributed by atoms with Crippen LogP contribution in [-0.2, 0) is 30.8 Å². The van der Waals surface area contributed by atoms with Crippen molar-refractivity contribution in [3.63, 3.8) is 0 Å². The maximum Gasteiger partial charge on any atom is 0.307 e. The molecule has 0 heterocycles. The molecule has 1 aliphatic rings. The zero-order valence-electron chi connectivity index (χ0n) is 17.8. The quantitative estimate of drug-likeness (QED) is 0.440. The number of hydrogen-bond donors (Lipinski definition) is 2. The van der Waals surface area contributed by atoms with E-state index in [0.29, 0.717) is 5.56 Å². The van der Waals surface area contributed by atoms with Gasteiger partial charge in [-0.2, -0.15) is 0 Å². The molecule has 0 bridgehead atoms. The molecule has 0 spiro atoms. The number of ketones is 1. The second-order valence-corrected chi connectivity index (χ2v) is 9.37. The predicted octanol–water partition coefficient (Wildman–Crippen LogP) is 2.29. The Morgan fingerprint density at radius 1 is 1.06 bits per heavy atom. The highest BCUT2D eigenvalue weighted by atomic mass is 32.2. The molecule has 0 fully saturated rings. The highest BCUT2D eigenvalue weighted by Crippen LogP contribution is 2.29. The number of nitrogens with one attached hydrogen (secondary N) is 2. The largest absolute Gasteiger partial charge is 0.456 e. The number of sulfonamides is 1. The molecule has 170 valence electrons. The minimum atomic E-state index is -3.83. The number of hydrogen-bond acceptors (Lipinski definition) is 6. The van der Waals surface area contributed by atoms with Crippen LogP contribution in [0, 0.1) is 0 Å². The molecule has 2 aromatic carbocycles. The lowest BCUT2D eigenvalue weighted by Gasteiger charge is -2.26. The number of rotatable bonds is 9. The molecule has 8 nitrogen and oxygen atoms in total. The molecule has 2 N–H and O–H groups in total. The Labute approximate surface area is 187 Å². The number of fused-ring (bicyclic) bond motifs is 1. The van der Waals surface area contributed by atoms with E-state index in [4.69, 9.17) is 4.74 Å². The summed E-state index contributed by atoms with van der Waals surface area (Å²) in [6.07, 6.45) is 2.56. The lowest BCUT2D eigenvalue weighted by molar-refractivity contribution is -0.148. The van der Waals surface area contributed by atoms with Crippen LogP contribution in [0.25, 0.3) is 0 Å². The average Bonchev–Trinajstić information content (AvgIpc) is 2.78. The average molecular weight is 459 g/mol. The molecule has 0 aromatic heterocycles. The molecule has 1 aliphatic carbocycles. The van der Waals surface area contributed by atoms with Crippen LogP contribution in [0.2, 0.25) is 0 Å². The van der Waals surface area contributed by atoms with Crippen molar-refractivity contribution in [2.24, 2.45) is 0 Å². The van der Waals surface area contributed by atoms with Gasteiger partial charge in [-0.1, -0.05) is 36.4 Å². The fourth-order valence-electron chi connectivity index (χ4n) is 3.60. The van der Waals surface area contributed by atoms with Crippen molar-refractivity contribution < 1.29 is 27.5 Å². The van der Waals surface area contributed by atoms with Crippen molar-refractivity contribution in [2.75, 3.05) is 13.2 Å². The summed E-state index contributed by atoms with van der Waals surface area (Å²) in [5.74, 6) is -1.24. The van der Waals surface area contributed by atoms with Crippen molar-refractivity contribution in [3.8, 4) is 0 Å². The third-order valence-corrected chi connectivity index (χ3v) is 6.74. The SMILES string of the molecule is CC(=O)c1ccc(S(=O)(=O)NCCC(=O)OCC(=O)N[C@H]2CCCc3ccccc32)cc1. The summed E-state index contributed by atoms with van der Waals surface area (Å²) in [6.45, 7) is 0.797. The van der Waals surface area contributed by atoms with E-state index in [0.717, 1.165) is 24.8 Å². The lowest BCUT2D eigenvalue weighted by atomic mass is 9.88. The van der Waals surface area contributed by atoms with Crippen molar-refractivity contribution in [2.45, 2.75) is 43.5 Å². The molecule has 1 atom stereocenters. The number of Topliss-reactive ketones (excluding diaryl/α,β-unsaturated/α-hetero) is 1. The van der Waals surface area contributed by atoms with Crippen molar-refractivity contribution in [3.05, 3.63) is 65.2 Å². The Kier molecular flexibility index (Phi) is 7.76. The number of benzene rings is 2. The molecule has 0 saturated carbocycles. The second-order valence-electron chi connectivity index (χ2n) is 7.60. The fourth-order valence-corrected chi connectivity index (χ4v) is 4.63. The molecule has 2 aromatic rings. The van der Waals surface area contributed by atoms with E-state index in [-0.39, 0.29) is 29.7 Å². The van der Waals surface area contributed by atoms with Crippen LogP contribution < -0.4 is 10.0 Å². The normalized spacial score (nSPS) is 15.5. The van der Waals surface area contributed by atoms with Gasteiger partial charge >= 0.3 is 5.97 Å². The van der Waals surface area contributed by atoms with Gasteiger partial charge in [0.05, 0.1) is 17.4 Å². The smallest absolute Gasteiger partial charge is 0.307 e. The third kappa shape index (κ3) is 6.24. The monoisotopic (exact) mass is 458 g/mol. The van der Waals surface area contributed by atoms with Gasteiger partial charge in [0, 0.05) is 12.1 Å². The molecular weight excluding hydrogens is 432 g/mol. The van der Waals surface area contributed by atoms with Crippen LogP contribution >= 0.6 is 0 Å². The van der Waals surface area contributed by atoms with Crippen LogP contribution in [-0.4, -0.2) is 39.2 Å². The molecular formula is C23H26N2O6S. The Hall–Kier alpha value is -3.04. The van der Waals surface area contributed by atoms with E-state index in [1.54, 1.807) is 0 Å². The molecule has 1 amide bonds. The van der Waals surface area contributed by atoms with Gasteiger partial charge in [0.2, 0.25) is 10.0 Å². The van der Waals surface area contributed by atoms with Gasteiger partial charge in [-0.15, -0.1) is 0 Å². The third-order valence-electron chi connectivity index (χ3n) is 5.26. The van der Waals surface area contributed by atoms with Gasteiger partial charge in [0.25, 0.3) is 5.91 Å². The summed E-state index contributed by atoms with van der Waals surface area (Å²) in [4.78, 5) is 35.4. The van der Waals surface area contributed by atoms with Crippen LogP contribution in [0.3, 0.4) is 0 Å². The fraction of sp³-hybridized carbons (Fsp3) is 0.348. The number of carbonyl (C=O) groups excluding carboxylic acids is 3. The first-order chi connectivity index (χ1) is 15.3. The Morgan fingerprint density at radius 2 is 1.78 bits per heavy atom. The Balaban J connectivity index is 1.41. The maximum absolute atomic E-state index is 12.3. The summed E-state index contributed by atoms with van der Waals surface area (Å²) in [5, 5.41) is 2.89. The molecule has 0 aliphatic heterocycles. The van der Waals surface area contributed by atoms with Gasteiger partial charge in [-0.25, -0.2) is 13.1 Å². The van der Waals surface area contributed by atoms with Crippen LogP contribution in [0.15, 0.2) is 53.4 Å². The minimum absolute atomic E-state index is 0.0111. The van der Waals surface area contributed by atoms with Gasteiger partial charge in [-0.3, -0.25) is 14.4 Å². The van der Waals surface area contributed by atoms with E-state index < -0.39 is 28.5 Å². The highest BCUT2D eigenvalue weighted by Gasteiger charge is 2.22. The zero-order valence-corrected chi connectivity index (χ0v) is 18.6. The topological polar surface area (TPSA) is 119 Å². The van der Waals surface area contributed by atoms with Crippen molar-refractivity contribution in [1.29, 1.82) is 0 Å². The first kappa shape index (κ1) is 23.6. The number of ether oxygens (including phenoxy) is 1. The number of carbonyl (C=O) groups is 3. The zero-order chi connectivity index (χ0) is 23.1. The standard InChI is InChI=1S/C23H26N2O6S/c1-16(26)17-9-11-19(12-10-17)32(29,30)24-14-13-23(28)31-15-22(27)25-21-8-4-6-18-5-2-3-7-20(18)21/h2-3,5,7,9-12,21,24H,4,6,8,13-15H2,1H3,(H,25,27)/t21-/m0/s1. The first-order valence-electron chi connectivity index (χ1n) is 10.4. The van der Waals surface area contributed by atoms with Crippen molar-refractivity contribution >= 4 is 27.7 Å². The van der Waals surface area contributed by atoms with E-state index in [1.807, 2.05) is 24.3 Å². The van der Waals surface area contributed by atoms with Gasteiger partial charge in [0.1, 0.15) is 0 Å². The maximum atomic E-state index is 12.3. The van der Waals surface area contributed by atoms with Crippen LogP contribution in [0.5, 0.6) is 0 Å². The number of esters is 1. The van der Waals surface area contributed by atoms with E-state index in [1.165, 1.54) is 36.8 Å². The highest BCUT2D eigenvalue weighted by molar-refractivity contribution is 7.89. The molecule has 0 unspecified atom stereocenters. The molecule has 9 heteroatoms. The summed E-state index contributed by atoms with van der Waals surface area (Å²) in [7, 11) is -3.83. The molecule has 0 saturated heterocycles. The van der Waals surface area contributed by atoms with Crippen LogP contribution in [0.4, 0.5) is 0 Å². The van der Waals surface area contributed by atoms with E-state index >= 15 is 0 Å². The first-order valence-corrected chi connectivity index (χ1v) is 11.9. The van der Waals surface area contributed by atoms with Gasteiger partial charge in [-0.05, 0) is 49.4 Å². The summed E-state index contributed by atoms with van der Waals surface area (Å²) >= 11 is 0. The molecule has 3 rings (SSSR count). The van der Waals surface area contributed by atoms with Crippen molar-refractivity contribution in [1.82, 2.24) is 10.0 Å². The van der Waals surface area contributed by atoms with E-state index in [9.17, 15) is 22.8 Å². The number of amides is 1. The second kappa shape index (κ2) is 10.5. The lowest BCUT2D eigenvalue weighted by Crippen LogP contribution is -2.34. The Bertz CT molecular complexity index is 1100. The summed E-state index contributed by atoms with van der Waals surface area (Å²) < 4.78 is 31.8. The minimum Gasteiger partial charge on any atom is -0.456 e. The summed E-state index contributed by atoms with van der Waals surface area (Å²) in [6, 6.07) is 13.3. The molecule has 0 radical (unpaired) electrons. The molecule has 32 heavy (non-hydrogen) atoms. The number of aryl methyl sites for hydroxylation is 1. The Morgan fingerprint density at radius 3 is 2.50 bits per heavy atom. The summed E-state index contributed by atoms with van der Waals surface area (Å²) in [5.41, 5.74) is 2.70. The van der Waals surface area contributed by atoms with E-state index in [2.05, 4.69) is 10.0 Å². The van der Waals surface area contributed by atoms with Gasteiger partial charge in [0.15, 0.2) is 12.4 Å². The van der Waals surface area contributed by atoms with Crippen LogP contribution in [0.1, 0.15) is 53.7 Å². The predicted molar refractivity (Wildman–Crippen MR) is 117 cm³/mol. The van der Waals surface area contributed by atoms with Gasteiger partial charge < -0.3 is 10.1 Å².